The monoisotopic (exact) mass is 1380 g/mol. The van der Waals surface area contributed by atoms with E-state index in [1.54, 1.807) is 0 Å². The molecule has 12 aromatic carbocycles. The third-order valence-electron chi connectivity index (χ3n) is 21.5. The molecule has 0 unspecified atom stereocenters. The number of rotatable bonds is 36. The summed E-state index contributed by atoms with van der Waals surface area (Å²) < 4.78 is 0. The molecule has 4 nitrogen and oxygen atoms in total. The summed E-state index contributed by atoms with van der Waals surface area (Å²) in [6.07, 6.45) is 24.3. The summed E-state index contributed by atoms with van der Waals surface area (Å²) in [6, 6.07) is 112. The van der Waals surface area contributed by atoms with E-state index in [9.17, 15) is 0 Å². The Morgan fingerprint density at radius 1 is 0.171 bits per heavy atom. The summed E-state index contributed by atoms with van der Waals surface area (Å²) in [5, 5.41) is 0. The van der Waals surface area contributed by atoms with Gasteiger partial charge in [0.05, 0.1) is 5.41 Å². The molecule has 0 atom stereocenters. The van der Waals surface area contributed by atoms with Crippen LogP contribution in [0.1, 0.15) is 197 Å². The highest BCUT2D eigenvalue weighted by atomic mass is 15.2. The smallest absolute Gasteiger partial charge is 0.0701 e. The van der Waals surface area contributed by atoms with Crippen molar-refractivity contribution in [3.05, 3.63) is 358 Å². The molecular formula is C101H112N4. The molecule has 12 aromatic rings. The molecule has 4 heteroatoms. The van der Waals surface area contributed by atoms with Crippen LogP contribution in [0.25, 0.3) is 0 Å². The van der Waals surface area contributed by atoms with Crippen molar-refractivity contribution in [3.63, 3.8) is 0 Å². The average Bonchev–Trinajstić information content (AvgIpc) is 0.740. The van der Waals surface area contributed by atoms with E-state index in [1.165, 1.54) is 147 Å². The van der Waals surface area contributed by atoms with E-state index in [0.717, 1.165) is 116 Å². The van der Waals surface area contributed by atoms with E-state index in [4.69, 9.17) is 0 Å². The van der Waals surface area contributed by atoms with Crippen LogP contribution in [0.5, 0.6) is 0 Å². The van der Waals surface area contributed by atoms with Crippen LogP contribution in [0, 0.1) is 27.7 Å². The molecule has 0 saturated carbocycles. The number of benzene rings is 12. The largest absolute Gasteiger partial charge is 0.311 e. The molecule has 0 aliphatic heterocycles. The summed E-state index contributed by atoms with van der Waals surface area (Å²) in [5.74, 6) is 0. The molecule has 0 spiro atoms. The normalized spacial score (nSPS) is 11.4. The molecule has 0 saturated heterocycles. The van der Waals surface area contributed by atoms with Crippen LogP contribution in [-0.4, -0.2) is 0 Å². The Hall–Kier alpha value is -10.2. The fraction of sp³-hybridized carbons (Fsp3) is 0.287. The number of unbranched alkanes of at least 4 members (excludes halogenated alkanes) is 12. The van der Waals surface area contributed by atoms with Crippen LogP contribution in [0.4, 0.5) is 68.2 Å². The molecule has 0 bridgehead atoms. The van der Waals surface area contributed by atoms with Crippen molar-refractivity contribution in [3.8, 4) is 0 Å². The van der Waals surface area contributed by atoms with Crippen LogP contribution < -0.4 is 19.6 Å². The number of anilines is 12. The van der Waals surface area contributed by atoms with Gasteiger partial charge in [-0.1, -0.05) is 273 Å². The number of hydrogen-bond donors (Lipinski definition) is 0. The van der Waals surface area contributed by atoms with Crippen LogP contribution in [0.2, 0.25) is 0 Å². The zero-order chi connectivity index (χ0) is 72.7. The van der Waals surface area contributed by atoms with Crippen molar-refractivity contribution < 1.29 is 0 Å². The van der Waals surface area contributed by atoms with Crippen molar-refractivity contribution in [1.29, 1.82) is 0 Å². The summed E-state index contributed by atoms with van der Waals surface area (Å²) in [6.45, 7) is 17.8. The summed E-state index contributed by atoms with van der Waals surface area (Å²) in [7, 11) is 0. The Bertz CT molecular complexity index is 4290. The second-order valence-electron chi connectivity index (χ2n) is 29.5. The topological polar surface area (TPSA) is 13.0 Å². The van der Waals surface area contributed by atoms with E-state index < -0.39 is 5.41 Å². The van der Waals surface area contributed by atoms with Gasteiger partial charge in [-0.15, -0.1) is 0 Å². The van der Waals surface area contributed by atoms with Gasteiger partial charge in [-0.25, -0.2) is 0 Å². The summed E-state index contributed by atoms with van der Waals surface area (Å²) in [4.78, 5) is 9.72. The van der Waals surface area contributed by atoms with Crippen molar-refractivity contribution in [1.82, 2.24) is 0 Å². The standard InChI is InChI=1S/C101H112N4/c1-9-13-17-21-25-81-37-61-93(62-38-81)103(91-57-33-79(7)34-58-91)98-71-47-86(48-72-98)101(85-45-69-97(70-46-85)102(89-53-29-77(5)30-54-89)90-55-31-78(6)32-56-90,87-49-73-99(74-50-87)104(92-59-35-80(8)36-60-92)94-63-39-82(40-64-94)26-22-18-14-10-2)88-51-75-100(76-52-88)105(95-65-41-83(42-66-95)27-23-19-15-11-3)96-67-43-84(44-68-96)28-24-20-16-12-4/h29-76H,9-28H2,1-8H3. The average molecular weight is 1380 g/mol. The lowest BCUT2D eigenvalue weighted by Crippen LogP contribution is -2.31. The second-order valence-corrected chi connectivity index (χ2v) is 29.5. The minimum atomic E-state index is -0.863. The SMILES string of the molecule is CCCCCCc1ccc(N(c2ccc(C)cc2)c2ccc(C(c3ccc(N(c4ccc(C)cc4)c4ccc(C)cc4)cc3)(c3ccc(N(c4ccc(C)cc4)c4ccc(CCCCCC)cc4)cc3)c3ccc(N(c4ccc(CCCCCC)cc4)c4ccc(CCCCCC)cc4)cc3)cc2)cc1. The number of aryl methyl sites for hydroxylation is 8. The quantitative estimate of drug-likeness (QED) is 0.0287. The van der Waals surface area contributed by atoms with Gasteiger partial charge in [-0.05, 0) is 269 Å². The van der Waals surface area contributed by atoms with Crippen molar-refractivity contribution in [2.24, 2.45) is 0 Å². The van der Waals surface area contributed by atoms with Gasteiger partial charge in [0.2, 0.25) is 0 Å². The van der Waals surface area contributed by atoms with Crippen LogP contribution in [-0.2, 0) is 31.1 Å². The van der Waals surface area contributed by atoms with E-state index in [1.807, 2.05) is 0 Å². The van der Waals surface area contributed by atoms with Gasteiger partial charge in [0.1, 0.15) is 0 Å². The maximum Gasteiger partial charge on any atom is 0.0701 e. The first-order valence-electron chi connectivity index (χ1n) is 39.8. The molecule has 0 radical (unpaired) electrons. The molecule has 12 rings (SSSR count). The first-order valence-corrected chi connectivity index (χ1v) is 39.8. The van der Waals surface area contributed by atoms with Crippen LogP contribution in [0.15, 0.2) is 291 Å². The van der Waals surface area contributed by atoms with Gasteiger partial charge < -0.3 is 19.6 Å². The zero-order valence-corrected chi connectivity index (χ0v) is 64.1. The van der Waals surface area contributed by atoms with E-state index in [2.05, 4.69) is 366 Å². The zero-order valence-electron chi connectivity index (χ0n) is 64.1. The minimum absolute atomic E-state index is 0.863. The third kappa shape index (κ3) is 18.7. The van der Waals surface area contributed by atoms with Crippen molar-refractivity contribution in [2.45, 2.75) is 189 Å². The molecule has 105 heavy (non-hydrogen) atoms. The van der Waals surface area contributed by atoms with Gasteiger partial charge >= 0.3 is 0 Å². The number of nitrogens with zero attached hydrogens (tertiary/aromatic N) is 4. The fourth-order valence-corrected chi connectivity index (χ4v) is 15.3. The first-order chi connectivity index (χ1) is 51.5. The highest BCUT2D eigenvalue weighted by molar-refractivity contribution is 5.82. The Morgan fingerprint density at radius 2 is 0.314 bits per heavy atom. The molecule has 536 valence electrons. The fourth-order valence-electron chi connectivity index (χ4n) is 15.3. The maximum atomic E-state index is 2.47. The summed E-state index contributed by atoms with van der Waals surface area (Å²) >= 11 is 0. The van der Waals surface area contributed by atoms with Crippen molar-refractivity contribution in [2.75, 3.05) is 19.6 Å². The van der Waals surface area contributed by atoms with E-state index >= 15 is 0 Å². The Balaban J connectivity index is 1.06. The molecule has 0 aliphatic carbocycles. The Labute approximate surface area is 631 Å². The van der Waals surface area contributed by atoms with Gasteiger partial charge in [-0.3, -0.25) is 0 Å². The molecule has 0 aromatic heterocycles. The molecule has 0 amide bonds. The second kappa shape index (κ2) is 37.0. The summed E-state index contributed by atoms with van der Waals surface area (Å²) in [5.41, 5.74) is 27.6. The van der Waals surface area contributed by atoms with Crippen LogP contribution in [0.3, 0.4) is 0 Å². The Morgan fingerprint density at radius 3 is 0.467 bits per heavy atom. The maximum absolute atomic E-state index is 2.47. The molecule has 0 heterocycles. The van der Waals surface area contributed by atoms with Crippen LogP contribution >= 0.6 is 0 Å². The third-order valence-corrected chi connectivity index (χ3v) is 21.5. The molecule has 0 aliphatic rings. The van der Waals surface area contributed by atoms with Crippen molar-refractivity contribution >= 4 is 68.2 Å². The predicted molar refractivity (Wildman–Crippen MR) is 454 cm³/mol. The number of hydrogen-bond acceptors (Lipinski definition) is 4. The van der Waals surface area contributed by atoms with Gasteiger partial charge in [0, 0.05) is 68.2 Å². The molecule has 0 N–H and O–H groups in total. The highest BCUT2D eigenvalue weighted by Crippen LogP contribution is 2.50. The van der Waals surface area contributed by atoms with Gasteiger partial charge in [0.15, 0.2) is 0 Å². The molecule has 0 fully saturated rings. The van der Waals surface area contributed by atoms with E-state index in [0.29, 0.717) is 0 Å². The predicted octanol–water partition coefficient (Wildman–Crippen LogP) is 29.7. The minimum Gasteiger partial charge on any atom is -0.311 e. The first kappa shape index (κ1) is 74.6. The Kier molecular flexibility index (Phi) is 26.3. The van der Waals surface area contributed by atoms with Gasteiger partial charge in [-0.2, -0.15) is 0 Å². The lowest BCUT2D eigenvalue weighted by Gasteiger charge is -2.38. The van der Waals surface area contributed by atoms with Gasteiger partial charge in [0.25, 0.3) is 0 Å². The molecular weight excluding hydrogens is 1270 g/mol. The highest BCUT2D eigenvalue weighted by Gasteiger charge is 2.39. The lowest BCUT2D eigenvalue weighted by molar-refractivity contribution is 0.667. The lowest BCUT2D eigenvalue weighted by atomic mass is 9.65. The van der Waals surface area contributed by atoms with E-state index in [-0.39, 0.29) is 0 Å².